The SMILES string of the molecule is CC/C=C\C/C=C\C/C=C\CCCCCCCC(=O)OCC(COC1OC(C(=O)O)C(O)C(O)C1O)OC(=O)CCCCCCCCC/C=C\CCCCCCCC. The number of allylic oxidation sites excluding steroid dienone is 8. The first-order valence-corrected chi connectivity index (χ1v) is 22.7. The number of aliphatic hydroxyl groups is 3. The van der Waals surface area contributed by atoms with Crippen molar-refractivity contribution in [3.05, 3.63) is 48.6 Å². The second kappa shape index (κ2) is 37.2. The van der Waals surface area contributed by atoms with E-state index < -0.39 is 61.3 Å². The van der Waals surface area contributed by atoms with Crippen LogP contribution in [0.2, 0.25) is 0 Å². The van der Waals surface area contributed by atoms with Gasteiger partial charge in [-0.2, -0.15) is 0 Å². The Hall–Kier alpha value is -2.83. The second-order valence-corrected chi connectivity index (χ2v) is 15.5. The Morgan fingerprint density at radius 3 is 1.55 bits per heavy atom. The fourth-order valence-electron chi connectivity index (χ4n) is 6.59. The molecule has 0 spiro atoms. The van der Waals surface area contributed by atoms with E-state index in [1.165, 1.54) is 57.8 Å². The summed E-state index contributed by atoms with van der Waals surface area (Å²) in [5.74, 6) is -2.47. The number of hydrogen-bond donors (Lipinski definition) is 4. The first-order valence-electron chi connectivity index (χ1n) is 22.7. The Morgan fingerprint density at radius 2 is 1.02 bits per heavy atom. The van der Waals surface area contributed by atoms with Crippen molar-refractivity contribution in [2.24, 2.45) is 0 Å². The highest BCUT2D eigenvalue weighted by Gasteiger charge is 2.47. The molecule has 6 atom stereocenters. The van der Waals surface area contributed by atoms with Gasteiger partial charge in [-0.1, -0.05) is 146 Å². The standard InChI is InChI=1S/C47H80O11/c1-3-5-7-9-11-13-15-17-19-20-22-24-26-28-30-32-34-36-41(49)57-39(38-56-47-44(52)42(50)43(51)45(58-47)46(53)54)37-55-40(48)35-33-31-29-27-25-23-21-18-16-14-12-10-8-6-4-2/h6,8,12,14,17-19,21,39,42-45,47,50-52H,3-5,7,9-11,13,15-16,20,22-38H2,1-2H3,(H,53,54)/b8-6-,14-12-,19-17-,21-18-. The minimum Gasteiger partial charge on any atom is -0.479 e. The van der Waals surface area contributed by atoms with Crippen molar-refractivity contribution in [3.8, 4) is 0 Å². The quantitative estimate of drug-likeness (QED) is 0.0267. The van der Waals surface area contributed by atoms with Crippen LogP contribution in [-0.2, 0) is 33.3 Å². The molecule has 0 aromatic carbocycles. The van der Waals surface area contributed by atoms with Crippen molar-refractivity contribution >= 4 is 17.9 Å². The van der Waals surface area contributed by atoms with Gasteiger partial charge in [0.25, 0.3) is 0 Å². The number of aliphatic carboxylic acids is 1. The van der Waals surface area contributed by atoms with Gasteiger partial charge in [-0.15, -0.1) is 0 Å². The van der Waals surface area contributed by atoms with E-state index in [0.29, 0.717) is 12.8 Å². The number of ether oxygens (including phenoxy) is 4. The largest absolute Gasteiger partial charge is 0.479 e. The summed E-state index contributed by atoms with van der Waals surface area (Å²) < 4.78 is 21.7. The fraction of sp³-hybridized carbons (Fsp3) is 0.766. The lowest BCUT2D eigenvalue weighted by molar-refractivity contribution is -0.298. The predicted octanol–water partition coefficient (Wildman–Crippen LogP) is 9.76. The van der Waals surface area contributed by atoms with Crippen LogP contribution in [0.5, 0.6) is 0 Å². The van der Waals surface area contributed by atoms with Gasteiger partial charge in [0, 0.05) is 12.8 Å². The Bertz CT molecular complexity index is 1150. The molecular formula is C47H80O11. The smallest absolute Gasteiger partial charge is 0.335 e. The minimum absolute atomic E-state index is 0.173. The molecule has 1 aliphatic heterocycles. The molecule has 0 radical (unpaired) electrons. The van der Waals surface area contributed by atoms with E-state index in [-0.39, 0.29) is 19.4 Å². The zero-order chi connectivity index (χ0) is 42.5. The lowest BCUT2D eigenvalue weighted by Gasteiger charge is -2.38. The van der Waals surface area contributed by atoms with Crippen molar-refractivity contribution in [1.29, 1.82) is 0 Å². The number of carbonyl (C=O) groups excluding carboxylic acids is 2. The van der Waals surface area contributed by atoms with Crippen LogP contribution in [-0.4, -0.2) is 88.4 Å². The first-order chi connectivity index (χ1) is 28.2. The summed E-state index contributed by atoms with van der Waals surface area (Å²) in [6.45, 7) is 3.68. The topological polar surface area (TPSA) is 169 Å². The summed E-state index contributed by atoms with van der Waals surface area (Å²) in [5.41, 5.74) is 0. The summed E-state index contributed by atoms with van der Waals surface area (Å²) in [6, 6.07) is 0. The molecule has 6 unspecified atom stereocenters. The van der Waals surface area contributed by atoms with Gasteiger partial charge >= 0.3 is 17.9 Å². The maximum absolute atomic E-state index is 12.8. The number of unbranched alkanes of at least 4 members (excludes halogenated alkanes) is 18. The number of esters is 2. The molecule has 0 saturated carbocycles. The molecule has 1 saturated heterocycles. The van der Waals surface area contributed by atoms with E-state index in [1.807, 2.05) is 0 Å². The summed E-state index contributed by atoms with van der Waals surface area (Å²) in [5, 5.41) is 39.8. The number of aliphatic hydroxyl groups excluding tert-OH is 3. The number of carboxylic acids is 1. The molecular weight excluding hydrogens is 741 g/mol. The van der Waals surface area contributed by atoms with Crippen LogP contribution in [0.3, 0.4) is 0 Å². The summed E-state index contributed by atoms with van der Waals surface area (Å²) >= 11 is 0. The maximum Gasteiger partial charge on any atom is 0.335 e. The van der Waals surface area contributed by atoms with Gasteiger partial charge in [0.1, 0.15) is 24.9 Å². The molecule has 0 bridgehead atoms. The summed E-state index contributed by atoms with van der Waals surface area (Å²) in [4.78, 5) is 36.8. The van der Waals surface area contributed by atoms with Crippen LogP contribution in [0.25, 0.3) is 0 Å². The van der Waals surface area contributed by atoms with Crippen LogP contribution >= 0.6 is 0 Å². The predicted molar refractivity (Wildman–Crippen MR) is 229 cm³/mol. The van der Waals surface area contributed by atoms with Crippen molar-refractivity contribution in [3.63, 3.8) is 0 Å². The zero-order valence-electron chi connectivity index (χ0n) is 36.0. The van der Waals surface area contributed by atoms with Gasteiger partial charge in [-0.05, 0) is 70.6 Å². The zero-order valence-corrected chi connectivity index (χ0v) is 36.0. The Kier molecular flexibility index (Phi) is 34.1. The van der Waals surface area contributed by atoms with Crippen LogP contribution < -0.4 is 0 Å². The molecule has 1 rings (SSSR count). The van der Waals surface area contributed by atoms with Crippen LogP contribution in [0.1, 0.15) is 181 Å². The molecule has 0 aromatic heterocycles. The first kappa shape index (κ1) is 53.2. The molecule has 11 nitrogen and oxygen atoms in total. The third-order valence-electron chi connectivity index (χ3n) is 10.2. The second-order valence-electron chi connectivity index (χ2n) is 15.5. The number of hydrogen-bond acceptors (Lipinski definition) is 10. The van der Waals surface area contributed by atoms with Gasteiger partial charge < -0.3 is 39.4 Å². The molecule has 1 fully saturated rings. The number of carbonyl (C=O) groups is 3. The molecule has 334 valence electrons. The third kappa shape index (κ3) is 28.6. The average Bonchev–Trinajstić information content (AvgIpc) is 3.21. The molecule has 11 heteroatoms. The summed E-state index contributed by atoms with van der Waals surface area (Å²) in [7, 11) is 0. The van der Waals surface area contributed by atoms with E-state index in [1.54, 1.807) is 0 Å². The molecule has 0 amide bonds. The van der Waals surface area contributed by atoms with Gasteiger partial charge in [0.15, 0.2) is 18.5 Å². The number of carboxylic acid groups (broad SMARTS) is 1. The Morgan fingerprint density at radius 1 is 0.552 bits per heavy atom. The molecule has 0 aromatic rings. The van der Waals surface area contributed by atoms with Crippen molar-refractivity contribution in [2.75, 3.05) is 13.2 Å². The van der Waals surface area contributed by atoms with Crippen molar-refractivity contribution in [2.45, 2.75) is 218 Å². The van der Waals surface area contributed by atoms with E-state index in [0.717, 1.165) is 83.5 Å². The highest BCUT2D eigenvalue weighted by molar-refractivity contribution is 5.73. The number of rotatable bonds is 37. The van der Waals surface area contributed by atoms with E-state index >= 15 is 0 Å². The molecule has 4 N–H and O–H groups in total. The highest BCUT2D eigenvalue weighted by atomic mass is 16.7. The summed E-state index contributed by atoms with van der Waals surface area (Å²) in [6.07, 6.45) is 34.4. The van der Waals surface area contributed by atoms with Gasteiger partial charge in [0.2, 0.25) is 0 Å². The monoisotopic (exact) mass is 821 g/mol. The van der Waals surface area contributed by atoms with Crippen molar-refractivity contribution in [1.82, 2.24) is 0 Å². The van der Waals surface area contributed by atoms with E-state index in [9.17, 15) is 34.8 Å². The van der Waals surface area contributed by atoms with E-state index in [4.69, 9.17) is 18.9 Å². The van der Waals surface area contributed by atoms with E-state index in [2.05, 4.69) is 62.5 Å². The van der Waals surface area contributed by atoms with Crippen LogP contribution in [0.15, 0.2) is 48.6 Å². The van der Waals surface area contributed by atoms with Gasteiger partial charge in [0.05, 0.1) is 6.61 Å². The Labute approximate surface area is 350 Å². The highest BCUT2D eigenvalue weighted by Crippen LogP contribution is 2.23. The maximum atomic E-state index is 12.8. The minimum atomic E-state index is -1.86. The average molecular weight is 821 g/mol. The van der Waals surface area contributed by atoms with Crippen molar-refractivity contribution < 1.29 is 53.8 Å². The lowest BCUT2D eigenvalue weighted by Crippen LogP contribution is -2.60. The Balaban J connectivity index is 2.38. The van der Waals surface area contributed by atoms with Crippen LogP contribution in [0.4, 0.5) is 0 Å². The molecule has 1 heterocycles. The van der Waals surface area contributed by atoms with Gasteiger partial charge in [-0.3, -0.25) is 9.59 Å². The molecule has 58 heavy (non-hydrogen) atoms. The third-order valence-corrected chi connectivity index (χ3v) is 10.2. The normalized spacial score (nSPS) is 20.5. The lowest BCUT2D eigenvalue weighted by atomic mass is 9.99. The molecule has 1 aliphatic rings. The fourth-order valence-corrected chi connectivity index (χ4v) is 6.59. The van der Waals surface area contributed by atoms with Crippen LogP contribution in [0, 0.1) is 0 Å². The molecule has 0 aliphatic carbocycles. The van der Waals surface area contributed by atoms with Gasteiger partial charge in [-0.25, -0.2) is 4.79 Å².